The fourth-order valence-electron chi connectivity index (χ4n) is 6.79. The maximum atomic E-state index is 8.95. The van der Waals surface area contributed by atoms with Gasteiger partial charge in [0.15, 0.2) is 5.82 Å². The van der Waals surface area contributed by atoms with E-state index >= 15 is 0 Å². The molecule has 0 fully saturated rings. The summed E-state index contributed by atoms with van der Waals surface area (Å²) in [7, 11) is 0. The first-order valence-corrected chi connectivity index (χ1v) is 16.2. The third kappa shape index (κ3) is 5.82. The molecule has 0 amide bonds. The molecule has 1 heterocycles. The van der Waals surface area contributed by atoms with Gasteiger partial charge in [0, 0.05) is 22.3 Å². The van der Waals surface area contributed by atoms with Gasteiger partial charge in [0.25, 0.3) is 0 Å². The Bertz CT molecular complexity index is 2350. The van der Waals surface area contributed by atoms with Crippen LogP contribution < -0.4 is 9.80 Å². The molecule has 4 nitrogen and oxygen atoms in total. The summed E-state index contributed by atoms with van der Waals surface area (Å²) >= 11 is 0. The maximum absolute atomic E-state index is 8.95. The Kier molecular flexibility index (Phi) is 7.03. The molecule has 0 aliphatic carbocycles. The molecule has 0 N–H and O–H groups in total. The Hall–Kier alpha value is -5.74. The predicted octanol–water partition coefficient (Wildman–Crippen LogP) is 12.1. The summed E-state index contributed by atoms with van der Waals surface area (Å²) in [5, 5.41) is 2.17. The van der Waals surface area contributed by atoms with Crippen LogP contribution in [0, 0.1) is 41.5 Å². The van der Waals surface area contributed by atoms with Gasteiger partial charge in [0.05, 0.1) is 40.6 Å². The molecule has 0 radical (unpaired) electrons. The lowest BCUT2D eigenvalue weighted by molar-refractivity contribution is 1.13. The number of nitrogens with zero attached hydrogens (tertiary/aromatic N) is 4. The van der Waals surface area contributed by atoms with Crippen molar-refractivity contribution in [3.8, 4) is 11.3 Å². The third-order valence-corrected chi connectivity index (χ3v) is 8.66. The summed E-state index contributed by atoms with van der Waals surface area (Å²) < 4.78 is 35.8. The maximum Gasteiger partial charge on any atom is 0.156 e. The van der Waals surface area contributed by atoms with Crippen molar-refractivity contribution in [2.45, 2.75) is 41.5 Å². The van der Waals surface area contributed by atoms with E-state index in [1.54, 1.807) is 12.4 Å². The van der Waals surface area contributed by atoms with Crippen molar-refractivity contribution < 1.29 is 5.48 Å². The van der Waals surface area contributed by atoms with Crippen molar-refractivity contribution in [2.24, 2.45) is 0 Å². The first-order chi connectivity index (χ1) is 25.0. The Balaban J connectivity index is 1.46. The van der Waals surface area contributed by atoms with Crippen LogP contribution in [0.2, 0.25) is 0 Å². The minimum absolute atomic E-state index is 0.311. The molecule has 7 aromatic rings. The summed E-state index contributed by atoms with van der Waals surface area (Å²) in [4.78, 5) is 13.9. The van der Waals surface area contributed by atoms with Crippen LogP contribution >= 0.6 is 0 Å². The van der Waals surface area contributed by atoms with Gasteiger partial charge in [-0.05, 0) is 99.5 Å². The number of benzene rings is 6. The first-order valence-electron chi connectivity index (χ1n) is 18.2. The molecule has 0 bridgehead atoms. The van der Waals surface area contributed by atoms with Crippen molar-refractivity contribution in [1.82, 2.24) is 9.97 Å². The summed E-state index contributed by atoms with van der Waals surface area (Å²) in [6.07, 6.45) is 3.56. The van der Waals surface area contributed by atoms with Crippen molar-refractivity contribution in [2.75, 3.05) is 9.80 Å². The molecule has 0 aliphatic heterocycles. The van der Waals surface area contributed by atoms with Crippen molar-refractivity contribution in [3.63, 3.8) is 0 Å². The molecule has 0 atom stereocenters. The highest BCUT2D eigenvalue weighted by Gasteiger charge is 2.23. The molecule has 0 spiro atoms. The minimum Gasteiger partial charge on any atom is -0.309 e. The van der Waals surface area contributed by atoms with E-state index < -0.39 is 0 Å². The monoisotopic (exact) mass is 628 g/mol. The summed E-state index contributed by atoms with van der Waals surface area (Å²) in [6, 6.07) is 34.0. The van der Waals surface area contributed by atoms with E-state index in [9.17, 15) is 0 Å². The zero-order valence-corrected chi connectivity index (χ0v) is 28.2. The van der Waals surface area contributed by atoms with Crippen LogP contribution in [0.4, 0.5) is 34.3 Å². The van der Waals surface area contributed by atoms with E-state index in [1.165, 1.54) is 0 Å². The fraction of sp³-hybridized carbons (Fsp3) is 0.136. The molecule has 0 saturated carbocycles. The van der Waals surface area contributed by atoms with Crippen LogP contribution in [-0.2, 0) is 0 Å². The van der Waals surface area contributed by atoms with Gasteiger partial charge in [-0.2, -0.15) is 0 Å². The highest BCUT2D eigenvalue weighted by Crippen LogP contribution is 2.44. The lowest BCUT2D eigenvalue weighted by Gasteiger charge is -2.32. The van der Waals surface area contributed by atoms with E-state index in [-0.39, 0.29) is 0 Å². The van der Waals surface area contributed by atoms with Crippen molar-refractivity contribution >= 4 is 45.0 Å². The van der Waals surface area contributed by atoms with Crippen LogP contribution in [0.1, 0.15) is 38.9 Å². The Morgan fingerprint density at radius 3 is 1.65 bits per heavy atom. The van der Waals surface area contributed by atoms with Gasteiger partial charge in [0.1, 0.15) is 0 Å². The van der Waals surface area contributed by atoms with Gasteiger partial charge in [0.2, 0.25) is 0 Å². The topological polar surface area (TPSA) is 32.3 Å². The lowest BCUT2D eigenvalue weighted by atomic mass is 9.98. The van der Waals surface area contributed by atoms with E-state index in [0.29, 0.717) is 41.1 Å². The molecule has 0 saturated heterocycles. The second kappa shape index (κ2) is 12.8. The average Bonchev–Trinajstić information content (AvgIpc) is 3.18. The molecule has 48 heavy (non-hydrogen) atoms. The molecule has 1 aromatic heterocycles. The zero-order valence-electron chi connectivity index (χ0n) is 32.2. The molecule has 0 unspecified atom stereocenters. The number of hydrogen-bond donors (Lipinski definition) is 0. The van der Waals surface area contributed by atoms with Crippen LogP contribution in [0.25, 0.3) is 22.0 Å². The quantitative estimate of drug-likeness (QED) is 0.176. The molecule has 4 heteroatoms. The number of hydrogen-bond acceptors (Lipinski definition) is 4. The standard InChI is InChI=1S/C44H40N4/c1-29-23-31(3)43(32(4)24-29)48(44-33(5)25-30(2)26-34(44)6)38-21-19-37(20-22-38)47(41-18-12-16-35-13-10-11-17-39(35)41)42-28-45-27-40(46-42)36-14-8-7-9-15-36/h7-28H,1-6H3/i23D,24D,25D,26D. The largest absolute Gasteiger partial charge is 0.309 e. The fourth-order valence-corrected chi connectivity index (χ4v) is 6.79. The number of anilines is 6. The van der Waals surface area contributed by atoms with Crippen LogP contribution in [0.15, 0.2) is 134 Å². The van der Waals surface area contributed by atoms with E-state index in [1.807, 2.05) is 113 Å². The predicted molar refractivity (Wildman–Crippen MR) is 203 cm³/mol. The minimum atomic E-state index is 0.311. The molecule has 6 aromatic carbocycles. The van der Waals surface area contributed by atoms with E-state index in [2.05, 4.69) is 40.2 Å². The van der Waals surface area contributed by atoms with Gasteiger partial charge in [-0.25, -0.2) is 4.98 Å². The smallest absolute Gasteiger partial charge is 0.156 e. The van der Waals surface area contributed by atoms with Gasteiger partial charge in [-0.15, -0.1) is 0 Å². The summed E-state index contributed by atoms with van der Waals surface area (Å²) in [6.45, 7) is 11.3. The SMILES string of the molecule is [2H]c1c(C)c([2H])c(C)c(N(c2ccc(N(c3cncc(-c4ccccc4)n3)c3cccc4ccccc34)cc2)c2c(C)c([2H])c(C)c([2H])c2C)c1C. The van der Waals surface area contributed by atoms with Gasteiger partial charge < -0.3 is 4.90 Å². The first kappa shape index (κ1) is 26.3. The lowest BCUT2D eigenvalue weighted by Crippen LogP contribution is -2.16. The Morgan fingerprint density at radius 2 is 1.04 bits per heavy atom. The number of fused-ring (bicyclic) bond motifs is 1. The molecule has 236 valence electrons. The Labute approximate surface area is 289 Å². The van der Waals surface area contributed by atoms with Crippen LogP contribution in [0.5, 0.6) is 0 Å². The van der Waals surface area contributed by atoms with Crippen LogP contribution in [-0.4, -0.2) is 9.97 Å². The molecule has 7 rings (SSSR count). The van der Waals surface area contributed by atoms with Gasteiger partial charge in [-0.1, -0.05) is 102 Å². The average molecular weight is 629 g/mol. The molecular weight excluding hydrogens is 585 g/mol. The van der Waals surface area contributed by atoms with Crippen LogP contribution in [0.3, 0.4) is 0 Å². The molecule has 0 aliphatic rings. The normalized spacial score (nSPS) is 12.3. The highest BCUT2D eigenvalue weighted by atomic mass is 15.2. The van der Waals surface area contributed by atoms with Gasteiger partial charge in [-0.3, -0.25) is 9.88 Å². The zero-order chi connectivity index (χ0) is 36.8. The van der Waals surface area contributed by atoms with E-state index in [4.69, 9.17) is 10.5 Å². The second-order valence-corrected chi connectivity index (χ2v) is 12.3. The number of aromatic nitrogens is 2. The highest BCUT2D eigenvalue weighted by molar-refractivity contribution is 5.98. The summed E-state index contributed by atoms with van der Waals surface area (Å²) in [5.41, 5.74) is 9.95. The second-order valence-electron chi connectivity index (χ2n) is 12.3. The third-order valence-electron chi connectivity index (χ3n) is 8.66. The van der Waals surface area contributed by atoms with Crippen molar-refractivity contribution in [3.05, 3.63) is 167 Å². The van der Waals surface area contributed by atoms with Crippen molar-refractivity contribution in [1.29, 1.82) is 0 Å². The number of rotatable bonds is 7. The Morgan fingerprint density at radius 1 is 0.521 bits per heavy atom. The summed E-state index contributed by atoms with van der Waals surface area (Å²) in [5.74, 6) is 0.660. The molecular formula is C44H40N4. The van der Waals surface area contributed by atoms with Gasteiger partial charge >= 0.3 is 0 Å². The van der Waals surface area contributed by atoms with E-state index in [0.717, 1.165) is 72.7 Å².